The minimum absolute atomic E-state index is 0.111. The van der Waals surface area contributed by atoms with Crippen molar-refractivity contribution in [2.24, 2.45) is 4.99 Å². The highest BCUT2D eigenvalue weighted by atomic mass is 79.9. The summed E-state index contributed by atoms with van der Waals surface area (Å²) in [6.45, 7) is 4.27. The molecule has 1 aromatic carbocycles. The molecule has 6 heteroatoms. The Bertz CT molecular complexity index is 534. The summed E-state index contributed by atoms with van der Waals surface area (Å²) in [7, 11) is 3.58. The van der Waals surface area contributed by atoms with Crippen molar-refractivity contribution >= 4 is 27.8 Å². The van der Waals surface area contributed by atoms with Crippen LogP contribution in [0.2, 0.25) is 0 Å². The number of nitrogens with one attached hydrogen (secondary N) is 2. The van der Waals surface area contributed by atoms with E-state index in [0.717, 1.165) is 29.0 Å². The van der Waals surface area contributed by atoms with Gasteiger partial charge in [0.25, 0.3) is 0 Å². The molecular weight excluding hydrogens is 368 g/mol. The fraction of sp³-hybridized carbons (Fsp3) is 0.556. The molecule has 0 bridgehead atoms. The summed E-state index contributed by atoms with van der Waals surface area (Å²) in [5.74, 6) is 0.868. The molecule has 0 heterocycles. The van der Waals surface area contributed by atoms with E-state index in [1.54, 1.807) is 11.9 Å². The molecule has 1 rings (SSSR count). The van der Waals surface area contributed by atoms with E-state index < -0.39 is 0 Å². The third-order valence-electron chi connectivity index (χ3n) is 3.72. The zero-order valence-electron chi connectivity index (χ0n) is 14.9. The van der Waals surface area contributed by atoms with Crippen molar-refractivity contribution in [1.82, 2.24) is 15.5 Å². The third-order valence-corrected chi connectivity index (χ3v) is 4.49. The van der Waals surface area contributed by atoms with Crippen molar-refractivity contribution in [3.63, 3.8) is 0 Å². The molecule has 0 aliphatic carbocycles. The number of nitrogens with zero attached hydrogens (tertiary/aromatic N) is 2. The number of hydrogen-bond donors (Lipinski definition) is 2. The quantitative estimate of drug-likeness (QED) is 0.382. The Morgan fingerprint density at radius 3 is 2.58 bits per heavy atom. The van der Waals surface area contributed by atoms with Gasteiger partial charge < -0.3 is 15.5 Å². The topological polar surface area (TPSA) is 56.7 Å². The molecule has 24 heavy (non-hydrogen) atoms. The second kappa shape index (κ2) is 11.9. The Kier molecular flexibility index (Phi) is 10.2. The van der Waals surface area contributed by atoms with E-state index in [9.17, 15) is 4.79 Å². The Morgan fingerprint density at radius 2 is 1.92 bits per heavy atom. The van der Waals surface area contributed by atoms with Crippen LogP contribution < -0.4 is 10.6 Å². The summed E-state index contributed by atoms with van der Waals surface area (Å²) in [6, 6.07) is 7.96. The molecule has 1 amide bonds. The highest BCUT2D eigenvalue weighted by Gasteiger charge is 2.10. The van der Waals surface area contributed by atoms with E-state index in [2.05, 4.69) is 38.5 Å². The average molecular weight is 397 g/mol. The van der Waals surface area contributed by atoms with Gasteiger partial charge in [0.2, 0.25) is 5.91 Å². The molecule has 1 aromatic rings. The second-order valence-corrected chi connectivity index (χ2v) is 6.58. The predicted octanol–water partition coefficient (Wildman–Crippen LogP) is 3.15. The molecule has 0 aliphatic rings. The highest BCUT2D eigenvalue weighted by molar-refractivity contribution is 9.10. The van der Waals surface area contributed by atoms with Crippen molar-refractivity contribution in [3.8, 4) is 0 Å². The van der Waals surface area contributed by atoms with Crippen LogP contribution >= 0.6 is 15.9 Å². The van der Waals surface area contributed by atoms with Gasteiger partial charge in [-0.2, -0.15) is 0 Å². The SMILES string of the molecule is CCCCCNC(=NC)NCCC(=O)N(C)Cc1ccccc1Br. The molecule has 134 valence electrons. The van der Waals surface area contributed by atoms with Crippen molar-refractivity contribution in [2.75, 3.05) is 27.2 Å². The van der Waals surface area contributed by atoms with E-state index in [1.165, 1.54) is 12.8 Å². The Balaban J connectivity index is 2.30. The lowest BCUT2D eigenvalue weighted by atomic mass is 10.2. The molecule has 0 radical (unpaired) electrons. The Hall–Kier alpha value is -1.56. The summed E-state index contributed by atoms with van der Waals surface area (Å²) in [6.07, 6.45) is 3.98. The van der Waals surface area contributed by atoms with Gasteiger partial charge in [0.05, 0.1) is 0 Å². The van der Waals surface area contributed by atoms with Crippen molar-refractivity contribution in [2.45, 2.75) is 39.2 Å². The number of unbranched alkanes of at least 4 members (excludes halogenated alkanes) is 2. The standard InChI is InChI=1S/C18H29BrN4O/c1-4-5-8-12-21-18(20-2)22-13-11-17(24)23(3)14-15-9-6-7-10-16(15)19/h6-7,9-10H,4-5,8,11-14H2,1-3H3,(H2,20,21,22). The molecule has 2 N–H and O–H groups in total. The van der Waals surface area contributed by atoms with Crippen LogP contribution in [0.4, 0.5) is 0 Å². The van der Waals surface area contributed by atoms with Gasteiger partial charge in [-0.3, -0.25) is 9.79 Å². The van der Waals surface area contributed by atoms with Gasteiger partial charge in [0.15, 0.2) is 5.96 Å². The van der Waals surface area contributed by atoms with Crippen molar-refractivity contribution in [3.05, 3.63) is 34.3 Å². The average Bonchev–Trinajstić information content (AvgIpc) is 2.58. The fourth-order valence-corrected chi connectivity index (χ4v) is 2.66. The zero-order valence-corrected chi connectivity index (χ0v) is 16.5. The molecule has 0 fully saturated rings. The molecule has 0 aromatic heterocycles. The van der Waals surface area contributed by atoms with Gasteiger partial charge in [-0.05, 0) is 18.1 Å². The number of aliphatic imine (C=N–C) groups is 1. The molecule has 0 saturated heterocycles. The summed E-state index contributed by atoms with van der Waals surface area (Å²) < 4.78 is 1.03. The zero-order chi connectivity index (χ0) is 17.8. The van der Waals surface area contributed by atoms with Crippen LogP contribution in [0.3, 0.4) is 0 Å². The van der Waals surface area contributed by atoms with Gasteiger partial charge in [-0.1, -0.05) is 53.9 Å². The Morgan fingerprint density at radius 1 is 1.21 bits per heavy atom. The number of guanidine groups is 1. The number of amides is 1. The number of rotatable bonds is 9. The maximum absolute atomic E-state index is 12.2. The minimum Gasteiger partial charge on any atom is -0.356 e. The number of benzene rings is 1. The van der Waals surface area contributed by atoms with Crippen LogP contribution in [0.5, 0.6) is 0 Å². The Labute approximate surface area is 154 Å². The molecule has 0 spiro atoms. The van der Waals surface area contributed by atoms with Crippen LogP contribution in [0.15, 0.2) is 33.7 Å². The van der Waals surface area contributed by atoms with Gasteiger partial charge >= 0.3 is 0 Å². The monoisotopic (exact) mass is 396 g/mol. The second-order valence-electron chi connectivity index (χ2n) is 5.72. The first kappa shape index (κ1) is 20.5. The van der Waals surface area contributed by atoms with Gasteiger partial charge in [0.1, 0.15) is 0 Å². The normalized spacial score (nSPS) is 11.2. The molecule has 0 atom stereocenters. The summed E-state index contributed by atoms with van der Waals surface area (Å²) in [4.78, 5) is 18.2. The smallest absolute Gasteiger partial charge is 0.224 e. The van der Waals surface area contributed by atoms with E-state index in [-0.39, 0.29) is 5.91 Å². The first-order chi connectivity index (χ1) is 11.6. The lowest BCUT2D eigenvalue weighted by Gasteiger charge is -2.19. The van der Waals surface area contributed by atoms with Gasteiger partial charge in [-0.25, -0.2) is 0 Å². The van der Waals surface area contributed by atoms with E-state index in [4.69, 9.17) is 0 Å². The number of hydrogen-bond acceptors (Lipinski definition) is 2. The molecule has 5 nitrogen and oxygen atoms in total. The van der Waals surface area contributed by atoms with Crippen molar-refractivity contribution < 1.29 is 4.79 Å². The molecular formula is C18H29BrN4O. The number of carbonyl (C=O) groups is 1. The minimum atomic E-state index is 0.111. The van der Waals surface area contributed by atoms with Crippen LogP contribution in [0, 0.1) is 0 Å². The molecule has 0 aliphatic heterocycles. The summed E-state index contributed by atoms with van der Waals surface area (Å²) >= 11 is 3.52. The lowest BCUT2D eigenvalue weighted by Crippen LogP contribution is -2.39. The summed E-state index contributed by atoms with van der Waals surface area (Å²) in [5.41, 5.74) is 1.11. The maximum Gasteiger partial charge on any atom is 0.224 e. The molecule has 0 unspecified atom stereocenters. The third kappa shape index (κ3) is 7.81. The predicted molar refractivity (Wildman–Crippen MR) is 104 cm³/mol. The lowest BCUT2D eigenvalue weighted by molar-refractivity contribution is -0.130. The fourth-order valence-electron chi connectivity index (χ4n) is 2.25. The highest BCUT2D eigenvalue weighted by Crippen LogP contribution is 2.17. The van der Waals surface area contributed by atoms with Crippen LogP contribution in [-0.4, -0.2) is 44.0 Å². The number of carbonyl (C=O) groups excluding carboxylic acids is 1. The summed E-state index contributed by atoms with van der Waals surface area (Å²) in [5, 5.41) is 6.45. The first-order valence-electron chi connectivity index (χ1n) is 8.50. The molecule has 0 saturated carbocycles. The van der Waals surface area contributed by atoms with Gasteiger partial charge in [-0.15, -0.1) is 0 Å². The first-order valence-corrected chi connectivity index (χ1v) is 9.29. The van der Waals surface area contributed by atoms with Crippen LogP contribution in [-0.2, 0) is 11.3 Å². The van der Waals surface area contributed by atoms with E-state index in [1.807, 2.05) is 31.3 Å². The largest absolute Gasteiger partial charge is 0.356 e. The van der Waals surface area contributed by atoms with Crippen molar-refractivity contribution in [1.29, 1.82) is 0 Å². The number of halogens is 1. The maximum atomic E-state index is 12.2. The van der Waals surface area contributed by atoms with Gasteiger partial charge in [0, 0.05) is 44.6 Å². The van der Waals surface area contributed by atoms with E-state index >= 15 is 0 Å². The van der Waals surface area contributed by atoms with Crippen LogP contribution in [0.1, 0.15) is 38.2 Å². The van der Waals surface area contributed by atoms with E-state index in [0.29, 0.717) is 19.5 Å². The van der Waals surface area contributed by atoms with Crippen LogP contribution in [0.25, 0.3) is 0 Å².